The maximum atomic E-state index is 12.8. The monoisotopic (exact) mass is 301 g/mol. The van der Waals surface area contributed by atoms with E-state index in [0.29, 0.717) is 19.5 Å². The highest BCUT2D eigenvalue weighted by Gasteiger charge is 2.68. The SMILES string of the molecule is O=C1OC2(C(=O)N3CCCNC3=C2[N+](=O)[O-])c2ccccc21. The standard InChI is InChI=1S/C14H11N3O5/c18-12-8-4-1-2-5-9(8)14(22-12)10(17(20)21)11-15-6-3-7-16(11)13(14)19/h1-2,4-5,15H,3,6-7H2. The first-order valence-electron chi connectivity index (χ1n) is 6.85. The molecule has 1 N–H and O–H groups in total. The summed E-state index contributed by atoms with van der Waals surface area (Å²) in [6, 6.07) is 6.29. The number of rotatable bonds is 1. The van der Waals surface area contributed by atoms with E-state index in [1.807, 2.05) is 0 Å². The number of benzene rings is 1. The molecule has 1 saturated heterocycles. The fourth-order valence-corrected chi connectivity index (χ4v) is 3.29. The number of hydrogen-bond donors (Lipinski definition) is 1. The zero-order chi connectivity index (χ0) is 15.5. The lowest BCUT2D eigenvalue weighted by Crippen LogP contribution is -2.45. The molecule has 112 valence electrons. The van der Waals surface area contributed by atoms with Crippen LogP contribution in [0.4, 0.5) is 0 Å². The predicted molar refractivity (Wildman–Crippen MR) is 71.9 cm³/mol. The van der Waals surface area contributed by atoms with Crippen molar-refractivity contribution in [1.29, 1.82) is 0 Å². The first-order chi connectivity index (χ1) is 10.6. The van der Waals surface area contributed by atoms with Crippen molar-refractivity contribution in [2.45, 2.75) is 12.0 Å². The van der Waals surface area contributed by atoms with Crippen molar-refractivity contribution in [3.05, 3.63) is 57.0 Å². The first kappa shape index (κ1) is 12.8. The van der Waals surface area contributed by atoms with Crippen molar-refractivity contribution in [3.8, 4) is 0 Å². The average molecular weight is 301 g/mol. The van der Waals surface area contributed by atoms with Gasteiger partial charge in [-0.25, -0.2) is 4.79 Å². The second kappa shape index (κ2) is 4.06. The van der Waals surface area contributed by atoms with Gasteiger partial charge >= 0.3 is 17.3 Å². The Bertz CT molecular complexity index is 771. The first-order valence-corrected chi connectivity index (χ1v) is 6.85. The smallest absolute Gasteiger partial charge is 0.344 e. The van der Waals surface area contributed by atoms with Gasteiger partial charge in [0.2, 0.25) is 0 Å². The zero-order valence-corrected chi connectivity index (χ0v) is 11.4. The summed E-state index contributed by atoms with van der Waals surface area (Å²) in [4.78, 5) is 37.2. The van der Waals surface area contributed by atoms with Crippen LogP contribution in [0.5, 0.6) is 0 Å². The molecular formula is C14H11N3O5. The average Bonchev–Trinajstić information content (AvgIpc) is 2.95. The molecule has 0 aliphatic carbocycles. The number of carbonyl (C=O) groups excluding carboxylic acids is 2. The summed E-state index contributed by atoms with van der Waals surface area (Å²) in [7, 11) is 0. The highest BCUT2D eigenvalue weighted by atomic mass is 16.6. The number of esters is 1. The third-order valence-electron chi connectivity index (χ3n) is 4.18. The van der Waals surface area contributed by atoms with E-state index < -0.39 is 28.1 Å². The predicted octanol–water partition coefficient (Wildman–Crippen LogP) is 0.334. The lowest BCUT2D eigenvalue weighted by Gasteiger charge is -2.26. The Hall–Kier alpha value is -2.90. The molecule has 3 aliphatic heterocycles. The molecule has 8 nitrogen and oxygen atoms in total. The Morgan fingerprint density at radius 1 is 1.32 bits per heavy atom. The van der Waals surface area contributed by atoms with E-state index in [2.05, 4.69) is 5.32 Å². The van der Waals surface area contributed by atoms with Crippen LogP contribution in [0.1, 0.15) is 22.3 Å². The van der Waals surface area contributed by atoms with Gasteiger partial charge in [-0.2, -0.15) is 0 Å². The second-order valence-electron chi connectivity index (χ2n) is 5.31. The molecule has 1 amide bonds. The van der Waals surface area contributed by atoms with Crippen molar-refractivity contribution in [1.82, 2.24) is 10.2 Å². The fraction of sp³-hybridized carbons (Fsp3) is 0.286. The molecule has 1 aromatic carbocycles. The van der Waals surface area contributed by atoms with E-state index in [1.54, 1.807) is 12.1 Å². The molecule has 1 fully saturated rings. The van der Waals surface area contributed by atoms with Gasteiger partial charge in [0.1, 0.15) is 0 Å². The number of amides is 1. The summed E-state index contributed by atoms with van der Waals surface area (Å²) in [5.41, 5.74) is -1.95. The highest BCUT2D eigenvalue weighted by molar-refractivity contribution is 6.05. The molecule has 3 aliphatic rings. The lowest BCUT2D eigenvalue weighted by atomic mass is 9.90. The molecule has 3 heterocycles. The van der Waals surface area contributed by atoms with Crippen LogP contribution in [-0.2, 0) is 15.1 Å². The molecule has 4 rings (SSSR count). The third kappa shape index (κ3) is 1.31. The van der Waals surface area contributed by atoms with Crippen molar-refractivity contribution >= 4 is 11.9 Å². The van der Waals surface area contributed by atoms with Gasteiger partial charge in [0.25, 0.3) is 5.91 Å². The van der Waals surface area contributed by atoms with E-state index in [9.17, 15) is 19.7 Å². The lowest BCUT2D eigenvalue weighted by molar-refractivity contribution is -0.442. The van der Waals surface area contributed by atoms with Crippen LogP contribution in [0.2, 0.25) is 0 Å². The van der Waals surface area contributed by atoms with Crippen molar-refractivity contribution < 1.29 is 19.2 Å². The Kier molecular flexibility index (Phi) is 2.37. The molecule has 0 bridgehead atoms. The number of fused-ring (bicyclic) bond motifs is 3. The van der Waals surface area contributed by atoms with Crippen molar-refractivity contribution in [2.75, 3.05) is 13.1 Å². The van der Waals surface area contributed by atoms with Gasteiger partial charge < -0.3 is 10.1 Å². The van der Waals surface area contributed by atoms with Crippen LogP contribution in [0.3, 0.4) is 0 Å². The minimum absolute atomic E-state index is 0.130. The van der Waals surface area contributed by atoms with E-state index in [0.717, 1.165) is 0 Å². The van der Waals surface area contributed by atoms with Crippen LogP contribution in [0.25, 0.3) is 0 Å². The molecule has 0 radical (unpaired) electrons. The molecule has 1 atom stereocenters. The Morgan fingerprint density at radius 2 is 2.09 bits per heavy atom. The van der Waals surface area contributed by atoms with Gasteiger partial charge in [0.05, 0.1) is 10.5 Å². The molecule has 1 aromatic rings. The highest BCUT2D eigenvalue weighted by Crippen LogP contribution is 2.49. The third-order valence-corrected chi connectivity index (χ3v) is 4.18. The van der Waals surface area contributed by atoms with Crippen LogP contribution in [0.15, 0.2) is 35.8 Å². The van der Waals surface area contributed by atoms with Crippen LogP contribution in [-0.4, -0.2) is 34.8 Å². The fourth-order valence-electron chi connectivity index (χ4n) is 3.29. The number of hydrogen-bond acceptors (Lipinski definition) is 6. The number of nitro groups is 1. The van der Waals surface area contributed by atoms with Gasteiger partial charge in [-0.3, -0.25) is 19.8 Å². The number of ether oxygens (including phenoxy) is 1. The number of nitrogens with zero attached hydrogens (tertiary/aromatic N) is 2. The maximum Gasteiger partial charge on any atom is 0.344 e. The summed E-state index contributed by atoms with van der Waals surface area (Å²) >= 11 is 0. The molecular weight excluding hydrogens is 290 g/mol. The molecule has 1 unspecified atom stereocenters. The van der Waals surface area contributed by atoms with Crippen molar-refractivity contribution in [3.63, 3.8) is 0 Å². The largest absolute Gasteiger partial charge is 0.428 e. The van der Waals surface area contributed by atoms with Crippen LogP contribution < -0.4 is 5.32 Å². The maximum absolute atomic E-state index is 12.8. The number of carbonyl (C=O) groups is 2. The number of nitrogens with one attached hydrogen (secondary N) is 1. The van der Waals surface area contributed by atoms with Gasteiger partial charge in [-0.15, -0.1) is 0 Å². The molecule has 0 aromatic heterocycles. The Labute approximate surface area is 124 Å². The minimum atomic E-state index is -1.97. The van der Waals surface area contributed by atoms with Crippen LogP contribution in [0, 0.1) is 10.1 Å². The van der Waals surface area contributed by atoms with Gasteiger partial charge in [0.15, 0.2) is 5.82 Å². The van der Waals surface area contributed by atoms with Gasteiger partial charge in [0, 0.05) is 18.7 Å². The van der Waals surface area contributed by atoms with E-state index in [1.165, 1.54) is 17.0 Å². The van der Waals surface area contributed by atoms with Crippen LogP contribution >= 0.6 is 0 Å². The Balaban J connectivity index is 2.02. The van der Waals surface area contributed by atoms with E-state index in [4.69, 9.17) is 4.74 Å². The Morgan fingerprint density at radius 3 is 2.86 bits per heavy atom. The normalized spacial score (nSPS) is 25.9. The topological polar surface area (TPSA) is 102 Å². The van der Waals surface area contributed by atoms with Gasteiger partial charge in [-0.1, -0.05) is 18.2 Å². The summed E-state index contributed by atoms with van der Waals surface area (Å²) in [6.07, 6.45) is 0.673. The van der Waals surface area contributed by atoms with Gasteiger partial charge in [-0.05, 0) is 12.5 Å². The van der Waals surface area contributed by atoms with Crippen molar-refractivity contribution in [2.24, 2.45) is 0 Å². The molecule has 22 heavy (non-hydrogen) atoms. The zero-order valence-electron chi connectivity index (χ0n) is 11.4. The summed E-state index contributed by atoms with van der Waals surface area (Å²) in [5, 5.41) is 14.5. The molecule has 1 spiro atoms. The second-order valence-corrected chi connectivity index (χ2v) is 5.31. The summed E-state index contributed by atoms with van der Waals surface area (Å²) in [5.74, 6) is -1.17. The summed E-state index contributed by atoms with van der Waals surface area (Å²) < 4.78 is 5.29. The quantitative estimate of drug-likeness (QED) is 0.456. The molecule has 8 heteroatoms. The summed E-state index contributed by atoms with van der Waals surface area (Å²) in [6.45, 7) is 0.891. The minimum Gasteiger partial charge on any atom is -0.428 e. The molecule has 0 saturated carbocycles. The van der Waals surface area contributed by atoms with E-state index in [-0.39, 0.29) is 16.9 Å². The van der Waals surface area contributed by atoms with E-state index >= 15 is 0 Å².